The van der Waals surface area contributed by atoms with E-state index in [0.717, 1.165) is 27.2 Å². The van der Waals surface area contributed by atoms with Crippen LogP contribution in [0.1, 0.15) is 171 Å². The molecule has 5 aliphatic heterocycles. The molecular formula is C78H108N5O19Pd-. The van der Waals surface area contributed by atoms with Crippen molar-refractivity contribution in [2.75, 3.05) is 19.7 Å². The van der Waals surface area contributed by atoms with Crippen LogP contribution in [0, 0.1) is 13.3 Å². The number of hydrogen-bond donors (Lipinski definition) is 3. The fourth-order valence-corrected chi connectivity index (χ4v) is 13.7. The quantitative estimate of drug-likeness (QED) is 0.0216. The van der Waals surface area contributed by atoms with Gasteiger partial charge < -0.3 is 65.7 Å². The molecule has 5 aliphatic rings. The van der Waals surface area contributed by atoms with Crippen molar-refractivity contribution in [3.8, 4) is 0 Å². The number of β-lactam (4-membered cyclic amide) rings is 2. The van der Waals surface area contributed by atoms with Crippen molar-refractivity contribution in [3.05, 3.63) is 151 Å². The normalized spacial score (nSPS) is 23.1. The van der Waals surface area contributed by atoms with Crippen LogP contribution in [0.3, 0.4) is 0 Å². The number of likely N-dealkylation sites (tertiary alicyclic amines) is 5. The van der Waals surface area contributed by atoms with Gasteiger partial charge in [-0.15, -0.1) is 0 Å². The van der Waals surface area contributed by atoms with Crippen LogP contribution in [-0.2, 0) is 109 Å². The number of Topliss-reactive ketones (excluding diaryl/α,β-unsaturated/α-hetero) is 1. The molecule has 4 aromatic carbocycles. The molecule has 2 spiro atoms. The third kappa shape index (κ3) is 21.2. The van der Waals surface area contributed by atoms with E-state index in [1.165, 1.54) is 21.6 Å². The summed E-state index contributed by atoms with van der Waals surface area (Å²) in [6, 6.07) is 35.0. The zero-order valence-corrected chi connectivity index (χ0v) is 64.1. The number of benzene rings is 4. The topological polar surface area (TPSA) is 295 Å². The number of amides is 5. The van der Waals surface area contributed by atoms with Crippen LogP contribution < -0.4 is 0 Å². The molecule has 5 heterocycles. The van der Waals surface area contributed by atoms with Gasteiger partial charge in [-0.25, -0.2) is 24.0 Å². The number of carboxylic acids is 1. The Morgan fingerprint density at radius 1 is 0.495 bits per heavy atom. The Labute approximate surface area is 621 Å². The molecule has 0 aliphatic carbocycles. The second-order valence-electron chi connectivity index (χ2n) is 30.2. The number of esters is 2. The third-order valence-corrected chi connectivity index (χ3v) is 18.9. The van der Waals surface area contributed by atoms with Gasteiger partial charge in [0.15, 0.2) is 17.9 Å². The van der Waals surface area contributed by atoms with Gasteiger partial charge in [-0.05, 0) is 165 Å². The molecule has 6 unspecified atom stereocenters. The van der Waals surface area contributed by atoms with E-state index < -0.39 is 124 Å². The van der Waals surface area contributed by atoms with Crippen LogP contribution >= 0.6 is 0 Å². The van der Waals surface area contributed by atoms with E-state index in [2.05, 4.69) is 0 Å². The van der Waals surface area contributed by atoms with Gasteiger partial charge >= 0.3 is 36.2 Å². The first-order valence-corrected chi connectivity index (χ1v) is 34.9. The van der Waals surface area contributed by atoms with Crippen LogP contribution in [0.2, 0.25) is 0 Å². The van der Waals surface area contributed by atoms with E-state index in [1.807, 2.05) is 142 Å². The fraction of sp³-hybridized carbons (Fsp3) is 0.564. The van der Waals surface area contributed by atoms with Gasteiger partial charge in [0, 0.05) is 45.0 Å². The summed E-state index contributed by atoms with van der Waals surface area (Å²) < 4.78 is 40.0. The van der Waals surface area contributed by atoms with E-state index in [0.29, 0.717) is 38.7 Å². The van der Waals surface area contributed by atoms with Gasteiger partial charge in [0.25, 0.3) is 11.8 Å². The summed E-state index contributed by atoms with van der Waals surface area (Å²) in [6.45, 7) is 26.8. The molecule has 570 valence electrons. The number of aliphatic hydroxyl groups excluding tert-OH is 2. The molecule has 103 heavy (non-hydrogen) atoms. The van der Waals surface area contributed by atoms with Crippen molar-refractivity contribution >= 4 is 53.8 Å². The molecule has 4 aromatic rings. The number of ether oxygens (including phenoxy) is 7. The first-order chi connectivity index (χ1) is 47.4. The number of carbonyl (C=O) groups excluding carboxylic acids is 8. The van der Waals surface area contributed by atoms with E-state index >= 15 is 0 Å². The Hall–Kier alpha value is -7.79. The monoisotopic (exact) mass is 1520 g/mol. The van der Waals surface area contributed by atoms with E-state index in [1.54, 1.807) is 81.1 Å². The standard InChI is InChI=1S/C31H41NO7.C30H38N2O6.C16H26N2O6.CH3.Pd/c1-22-16-17-31(21-33,32(22)29(36)39-30(3,4)5)27(34)18-26(23(2)37-19-24-12-8-6-9-13-24)28(35)38-20-25-14-10-7-11-15-25;1-21-16-17-30(32(21)28(35)38-29(3,4)5)20-31(27(30)34)25(22(2)36-18-23-12-8-6-9-13-23)26(33)37-19-24-14-10-7-11-15-24;1-9-6-7-16(18(9)14(23)24-15(3,4)5)8-17(13(16)22)11(10(2)19)12(20)21;;/h6-15,22-23,26,33H,16-21H2,1-5H3;6-15,21-22,25H,16-20H2,1-5H3;9-11,19H,6-8H2,1-5H3,(H,20,21);1H3;/q;;;-1;/t22?,23-,26+,31?;21?,22-,25+,30?;9?,10-,11+,16?;;/m111../s1. The Balaban J connectivity index is 0.000000283. The Bertz CT molecular complexity index is 3500. The average molecular weight is 1530 g/mol. The summed E-state index contributed by atoms with van der Waals surface area (Å²) in [7, 11) is 0. The first-order valence-electron chi connectivity index (χ1n) is 34.9. The molecule has 12 atom stereocenters. The number of hydrogen-bond acceptors (Lipinski definition) is 18. The molecule has 0 saturated carbocycles. The summed E-state index contributed by atoms with van der Waals surface area (Å²) >= 11 is 0. The van der Waals surface area contributed by atoms with Gasteiger partial charge in [0.2, 0.25) is 0 Å². The predicted octanol–water partition coefficient (Wildman–Crippen LogP) is 11.0. The Morgan fingerprint density at radius 3 is 1.17 bits per heavy atom. The van der Waals surface area contributed by atoms with Gasteiger partial charge in [-0.1, -0.05) is 121 Å². The van der Waals surface area contributed by atoms with Crippen molar-refractivity contribution in [1.29, 1.82) is 0 Å². The smallest absolute Gasteiger partial charge is 0.411 e. The maximum Gasteiger partial charge on any atom is 0.411 e. The molecule has 0 aromatic heterocycles. The first kappa shape index (κ1) is 85.9. The second-order valence-corrected chi connectivity index (χ2v) is 30.2. The predicted molar refractivity (Wildman–Crippen MR) is 379 cm³/mol. The number of aliphatic carboxylic acids is 1. The summed E-state index contributed by atoms with van der Waals surface area (Å²) in [5.74, 6) is -4.44. The molecule has 24 nitrogen and oxygen atoms in total. The number of nitrogens with zero attached hydrogens (tertiary/aromatic N) is 5. The fourth-order valence-electron chi connectivity index (χ4n) is 13.7. The van der Waals surface area contributed by atoms with Gasteiger partial charge in [-0.3, -0.25) is 33.9 Å². The molecule has 0 bridgehead atoms. The largest absolute Gasteiger partial charge is 0.480 e. The number of aliphatic hydroxyl groups is 2. The summed E-state index contributed by atoms with van der Waals surface area (Å²) in [4.78, 5) is 124. The summed E-state index contributed by atoms with van der Waals surface area (Å²) in [6.07, 6.45) is -1.37. The zero-order valence-electron chi connectivity index (χ0n) is 62.6. The van der Waals surface area contributed by atoms with Crippen LogP contribution in [0.4, 0.5) is 14.4 Å². The minimum Gasteiger partial charge on any atom is -0.480 e. The molecular weight excluding hydrogens is 1420 g/mol. The van der Waals surface area contributed by atoms with E-state index in [9.17, 15) is 58.5 Å². The number of carboxylic acid groups (broad SMARTS) is 1. The number of rotatable bonds is 22. The van der Waals surface area contributed by atoms with Crippen molar-refractivity contribution in [2.45, 2.75) is 257 Å². The molecule has 3 N–H and O–H groups in total. The van der Waals surface area contributed by atoms with Gasteiger partial charge in [0.05, 0.1) is 57.1 Å². The number of carbonyl (C=O) groups is 9. The molecule has 5 fully saturated rings. The van der Waals surface area contributed by atoms with E-state index in [4.69, 9.17) is 33.2 Å². The second kappa shape index (κ2) is 36.3. The summed E-state index contributed by atoms with van der Waals surface area (Å²) in [5, 5.41) is 29.4. The maximum atomic E-state index is 13.9. The Morgan fingerprint density at radius 2 is 0.825 bits per heavy atom. The molecule has 0 radical (unpaired) electrons. The Kier molecular flexibility index (Phi) is 30.2. The minimum atomic E-state index is -1.49. The summed E-state index contributed by atoms with van der Waals surface area (Å²) in [5.41, 5.74) is -2.13. The van der Waals surface area contributed by atoms with Crippen molar-refractivity contribution in [3.63, 3.8) is 0 Å². The molecule has 5 amide bonds. The average Bonchev–Trinajstić information content (AvgIpc) is 1.65. The third-order valence-electron chi connectivity index (χ3n) is 18.9. The van der Waals surface area contributed by atoms with E-state index in [-0.39, 0.29) is 97.6 Å². The van der Waals surface area contributed by atoms with Crippen LogP contribution in [-0.4, -0.2) is 195 Å². The van der Waals surface area contributed by atoms with Crippen molar-refractivity contribution in [2.24, 2.45) is 5.92 Å². The van der Waals surface area contributed by atoms with Crippen molar-refractivity contribution < 1.29 is 112 Å². The van der Waals surface area contributed by atoms with Crippen molar-refractivity contribution in [1.82, 2.24) is 24.5 Å². The van der Waals surface area contributed by atoms with Crippen LogP contribution in [0.25, 0.3) is 0 Å². The molecule has 5 saturated heterocycles. The maximum absolute atomic E-state index is 13.9. The minimum absolute atomic E-state index is 0. The van der Waals surface area contributed by atoms with Gasteiger partial charge in [-0.2, -0.15) is 0 Å². The number of ketones is 1. The SMILES string of the molecule is CC1CCC(CO)(C(=O)C[C@H](C(=O)OCc2ccccc2)[C@@H](C)OCc2ccccc2)N1C(=O)OC(C)(C)C.CC1CCC2(CN([C@H](C(=O)O)[C@@H](C)O)C2=O)N1C(=O)OC(C)(C)C.CC1CCC2(CN([C@H](C(=O)OCc3ccccc3)[C@@H](C)OCc3ccccc3)C2=O)N1C(=O)OC(C)(C)C.[CH3-].[Pd]. The zero-order chi connectivity index (χ0) is 74.6. The van der Waals surface area contributed by atoms with Gasteiger partial charge in [0.1, 0.15) is 46.6 Å². The molecule has 25 heteroatoms. The van der Waals surface area contributed by atoms with Crippen LogP contribution in [0.15, 0.2) is 121 Å². The van der Waals surface area contributed by atoms with Crippen LogP contribution in [0.5, 0.6) is 0 Å². The molecule has 9 rings (SSSR count).